The second-order valence-electron chi connectivity index (χ2n) is 5.36. The molecule has 2 aromatic rings. The lowest BCUT2D eigenvalue weighted by atomic mass is 10.2. The molecule has 0 unspecified atom stereocenters. The van der Waals surface area contributed by atoms with Crippen LogP contribution in [0.1, 0.15) is 27.3 Å². The molecule has 9 heteroatoms. The highest BCUT2D eigenvalue weighted by molar-refractivity contribution is 7.90. The lowest BCUT2D eigenvalue weighted by Crippen LogP contribution is -2.45. The van der Waals surface area contributed by atoms with Crippen LogP contribution < -0.4 is 0 Å². The fourth-order valence-electron chi connectivity index (χ4n) is 2.59. The molecule has 0 N–H and O–H groups in total. The molecule has 0 radical (unpaired) electrons. The number of aromatic nitrogens is 1. The van der Waals surface area contributed by atoms with Crippen LogP contribution in [0, 0.1) is 0 Å². The third-order valence-electron chi connectivity index (χ3n) is 3.67. The molecule has 0 spiro atoms. The monoisotopic (exact) mass is 349 g/mol. The van der Waals surface area contributed by atoms with Crippen LogP contribution in [0.2, 0.25) is 0 Å². The van der Waals surface area contributed by atoms with Crippen LogP contribution in [0.3, 0.4) is 0 Å². The number of rotatable bonds is 3. The van der Waals surface area contributed by atoms with Gasteiger partial charge in [-0.2, -0.15) is 0 Å². The van der Waals surface area contributed by atoms with Crippen molar-refractivity contribution in [2.24, 2.45) is 0 Å². The van der Waals surface area contributed by atoms with Gasteiger partial charge in [-0.25, -0.2) is 18.4 Å². The Balaban J connectivity index is 1.94. The summed E-state index contributed by atoms with van der Waals surface area (Å²) in [7, 11) is -3.57. The van der Waals surface area contributed by atoms with Gasteiger partial charge in [-0.15, -0.1) is 0 Å². The van der Waals surface area contributed by atoms with E-state index in [-0.39, 0.29) is 16.2 Å². The standard InChI is InChI=1S/C15H15N3O5S/c1-24(21,22)13-6-3-2-5-11(13)14(19)17-9-4-10-18(17)15(20)12-7-8-16-23-12/h2-3,5-8H,4,9-10H2,1H3. The van der Waals surface area contributed by atoms with Gasteiger partial charge in [0.15, 0.2) is 9.84 Å². The molecular formula is C15H15N3O5S. The number of carbonyl (C=O) groups is 2. The van der Waals surface area contributed by atoms with Crippen molar-refractivity contribution < 1.29 is 22.5 Å². The van der Waals surface area contributed by atoms with E-state index in [4.69, 9.17) is 4.52 Å². The van der Waals surface area contributed by atoms with E-state index in [9.17, 15) is 18.0 Å². The molecule has 0 saturated carbocycles. The Hall–Kier alpha value is -2.68. The van der Waals surface area contributed by atoms with E-state index in [0.717, 1.165) is 6.26 Å². The molecule has 1 aromatic carbocycles. The van der Waals surface area contributed by atoms with Crippen molar-refractivity contribution in [3.05, 3.63) is 47.9 Å². The maximum Gasteiger partial charge on any atom is 0.311 e. The Morgan fingerprint density at radius 2 is 1.75 bits per heavy atom. The molecule has 1 aliphatic rings. The van der Waals surface area contributed by atoms with Gasteiger partial charge in [0.25, 0.3) is 5.91 Å². The molecule has 2 heterocycles. The molecule has 1 fully saturated rings. The second kappa shape index (κ2) is 6.08. The van der Waals surface area contributed by atoms with Crippen LogP contribution in [0.5, 0.6) is 0 Å². The first-order valence-electron chi connectivity index (χ1n) is 7.23. The predicted octanol–water partition coefficient (Wildman–Crippen LogP) is 0.981. The summed E-state index contributed by atoms with van der Waals surface area (Å²) in [6.07, 6.45) is 2.97. The predicted molar refractivity (Wildman–Crippen MR) is 82.7 cm³/mol. The minimum atomic E-state index is -3.57. The summed E-state index contributed by atoms with van der Waals surface area (Å²) in [5, 5.41) is 5.98. The van der Waals surface area contributed by atoms with Crippen LogP contribution in [-0.4, -0.2) is 54.8 Å². The van der Waals surface area contributed by atoms with E-state index < -0.39 is 21.7 Å². The number of hydrogen-bond donors (Lipinski definition) is 0. The lowest BCUT2D eigenvalue weighted by molar-refractivity contribution is 0.0159. The van der Waals surface area contributed by atoms with Crippen LogP contribution in [0.25, 0.3) is 0 Å². The van der Waals surface area contributed by atoms with Crippen molar-refractivity contribution in [3.8, 4) is 0 Å². The average molecular weight is 349 g/mol. The third-order valence-corrected chi connectivity index (χ3v) is 4.82. The summed E-state index contributed by atoms with van der Waals surface area (Å²) >= 11 is 0. The summed E-state index contributed by atoms with van der Waals surface area (Å²) in [6, 6.07) is 7.36. The van der Waals surface area contributed by atoms with E-state index >= 15 is 0 Å². The normalized spacial score (nSPS) is 14.9. The molecule has 24 heavy (non-hydrogen) atoms. The molecular weight excluding hydrogens is 334 g/mol. The van der Waals surface area contributed by atoms with Crippen molar-refractivity contribution in [2.75, 3.05) is 19.3 Å². The zero-order valence-corrected chi connectivity index (χ0v) is 13.7. The summed E-state index contributed by atoms with van der Waals surface area (Å²) in [6.45, 7) is 0.656. The fraction of sp³-hybridized carbons (Fsp3) is 0.267. The molecule has 1 aromatic heterocycles. The number of nitrogens with zero attached hydrogens (tertiary/aromatic N) is 3. The van der Waals surface area contributed by atoms with Crippen LogP contribution in [0.4, 0.5) is 0 Å². The minimum absolute atomic E-state index is 0.0195. The number of sulfone groups is 1. The van der Waals surface area contributed by atoms with Gasteiger partial charge >= 0.3 is 5.91 Å². The van der Waals surface area contributed by atoms with Gasteiger partial charge in [-0.3, -0.25) is 9.59 Å². The maximum absolute atomic E-state index is 12.8. The van der Waals surface area contributed by atoms with Gasteiger partial charge in [0.05, 0.1) is 16.7 Å². The molecule has 126 valence electrons. The van der Waals surface area contributed by atoms with E-state index in [1.54, 1.807) is 12.1 Å². The smallest absolute Gasteiger partial charge is 0.311 e. The molecule has 3 rings (SSSR count). The highest BCUT2D eigenvalue weighted by Crippen LogP contribution is 2.22. The first kappa shape index (κ1) is 16.2. The van der Waals surface area contributed by atoms with Crippen molar-refractivity contribution in [1.29, 1.82) is 0 Å². The van der Waals surface area contributed by atoms with Gasteiger partial charge in [0, 0.05) is 25.4 Å². The minimum Gasteiger partial charge on any atom is -0.351 e. The zero-order chi connectivity index (χ0) is 17.3. The van der Waals surface area contributed by atoms with Crippen molar-refractivity contribution >= 4 is 21.7 Å². The molecule has 2 amide bonds. The Morgan fingerprint density at radius 1 is 1.08 bits per heavy atom. The number of benzene rings is 1. The van der Waals surface area contributed by atoms with Crippen molar-refractivity contribution in [3.63, 3.8) is 0 Å². The second-order valence-corrected chi connectivity index (χ2v) is 7.34. The van der Waals surface area contributed by atoms with Gasteiger partial charge in [-0.1, -0.05) is 17.3 Å². The number of hydrogen-bond acceptors (Lipinski definition) is 6. The summed E-state index contributed by atoms with van der Waals surface area (Å²) in [5.41, 5.74) is 0.0391. The molecule has 0 atom stereocenters. The van der Waals surface area contributed by atoms with Crippen LogP contribution in [-0.2, 0) is 9.84 Å². The fourth-order valence-corrected chi connectivity index (χ4v) is 3.47. The maximum atomic E-state index is 12.8. The topological polar surface area (TPSA) is 101 Å². The molecule has 1 saturated heterocycles. The molecule has 8 nitrogen and oxygen atoms in total. The van der Waals surface area contributed by atoms with E-state index in [1.807, 2.05) is 0 Å². The number of amides is 2. The largest absolute Gasteiger partial charge is 0.351 e. The van der Waals surface area contributed by atoms with Gasteiger partial charge in [0.1, 0.15) is 0 Å². The van der Waals surface area contributed by atoms with Crippen LogP contribution in [0.15, 0.2) is 45.9 Å². The van der Waals surface area contributed by atoms with Gasteiger partial charge in [0.2, 0.25) is 5.76 Å². The lowest BCUT2D eigenvalue weighted by Gasteiger charge is -2.27. The molecule has 1 aliphatic heterocycles. The van der Waals surface area contributed by atoms with Crippen molar-refractivity contribution in [1.82, 2.24) is 15.2 Å². The summed E-state index contributed by atoms with van der Waals surface area (Å²) in [5.74, 6) is -1.01. The number of carbonyl (C=O) groups excluding carboxylic acids is 2. The summed E-state index contributed by atoms with van der Waals surface area (Å²) in [4.78, 5) is 25.2. The van der Waals surface area contributed by atoms with E-state index in [1.165, 1.54) is 34.4 Å². The van der Waals surface area contributed by atoms with E-state index in [2.05, 4.69) is 5.16 Å². The Morgan fingerprint density at radius 3 is 2.38 bits per heavy atom. The Kier molecular flexibility index (Phi) is 4.10. The Bertz CT molecular complexity index is 876. The first-order chi connectivity index (χ1) is 11.4. The molecule has 0 aliphatic carbocycles. The quantitative estimate of drug-likeness (QED) is 0.819. The van der Waals surface area contributed by atoms with Crippen molar-refractivity contribution in [2.45, 2.75) is 11.3 Å². The van der Waals surface area contributed by atoms with Gasteiger partial charge < -0.3 is 4.52 Å². The van der Waals surface area contributed by atoms with E-state index in [0.29, 0.717) is 19.5 Å². The summed E-state index contributed by atoms with van der Waals surface area (Å²) < 4.78 is 28.6. The SMILES string of the molecule is CS(=O)(=O)c1ccccc1C(=O)N1CCCN1C(=O)c1ccno1. The van der Waals surface area contributed by atoms with Gasteiger partial charge in [-0.05, 0) is 18.6 Å². The first-order valence-corrected chi connectivity index (χ1v) is 9.12. The highest BCUT2D eigenvalue weighted by Gasteiger charge is 2.34. The molecule has 0 bridgehead atoms. The average Bonchev–Trinajstić information content (AvgIpc) is 3.24. The van der Waals surface area contributed by atoms with Crippen LogP contribution >= 0.6 is 0 Å². The highest BCUT2D eigenvalue weighted by atomic mass is 32.2. The Labute approximate surface area is 138 Å². The third kappa shape index (κ3) is 2.90. The zero-order valence-electron chi connectivity index (χ0n) is 12.9. The number of hydrazine groups is 1.